The van der Waals surface area contributed by atoms with E-state index in [1.54, 1.807) is 12.1 Å². The van der Waals surface area contributed by atoms with E-state index >= 15 is 0 Å². The molecule has 0 spiro atoms. The number of aryl methyl sites for hydroxylation is 1. The predicted molar refractivity (Wildman–Crippen MR) is 105 cm³/mol. The van der Waals surface area contributed by atoms with Crippen LogP contribution < -0.4 is 9.05 Å². The van der Waals surface area contributed by atoms with Crippen molar-refractivity contribution in [2.45, 2.75) is 58.3 Å². The van der Waals surface area contributed by atoms with Gasteiger partial charge in [0.25, 0.3) is 0 Å². The van der Waals surface area contributed by atoms with Crippen molar-refractivity contribution in [1.82, 2.24) is 0 Å². The maximum atomic E-state index is 10.1. The van der Waals surface area contributed by atoms with Crippen molar-refractivity contribution in [2.75, 3.05) is 0 Å². The number of benzene rings is 2. The van der Waals surface area contributed by atoms with Gasteiger partial charge in [0.05, 0.1) is 0 Å². The molecule has 0 aliphatic rings. The number of hydrogen-bond acceptors (Lipinski definition) is 3. The van der Waals surface area contributed by atoms with E-state index in [1.165, 1.54) is 38.5 Å². The highest BCUT2D eigenvalue weighted by molar-refractivity contribution is 7.41. The largest absolute Gasteiger partial charge is 0.460 e. The maximum Gasteiger partial charge on any atom is 0.460 e. The molecule has 2 rings (SSSR count). The van der Waals surface area contributed by atoms with Crippen molar-refractivity contribution in [3.8, 4) is 11.5 Å². The van der Waals surface area contributed by atoms with Crippen LogP contribution >= 0.6 is 8.60 Å². The summed E-state index contributed by atoms with van der Waals surface area (Å²) in [5, 5.41) is 0. The van der Waals surface area contributed by atoms with Gasteiger partial charge in [-0.1, -0.05) is 81.8 Å². The summed E-state index contributed by atoms with van der Waals surface area (Å²) in [6, 6.07) is 17.2. The van der Waals surface area contributed by atoms with Crippen LogP contribution in [0.15, 0.2) is 54.6 Å². The van der Waals surface area contributed by atoms with Crippen molar-refractivity contribution in [3.63, 3.8) is 0 Å². The zero-order chi connectivity index (χ0) is 17.7. The van der Waals surface area contributed by atoms with Crippen LogP contribution in [0.3, 0.4) is 0 Å². The first-order chi connectivity index (χ1) is 12.3. The summed E-state index contributed by atoms with van der Waals surface area (Å²) in [6.45, 7) is 2.24. The molecule has 25 heavy (non-hydrogen) atoms. The lowest BCUT2D eigenvalue weighted by Gasteiger charge is -2.15. The molecule has 1 N–H and O–H groups in total. The SMILES string of the molecule is CCCCCCCCCc1ccccc1OP(O)Oc1ccccc1. The topological polar surface area (TPSA) is 38.7 Å². The number of para-hydroxylation sites is 2. The predicted octanol–water partition coefficient (Wildman–Crippen LogP) is 6.66. The van der Waals surface area contributed by atoms with E-state index in [1.807, 2.05) is 36.4 Å². The van der Waals surface area contributed by atoms with E-state index in [0.717, 1.165) is 24.2 Å². The molecule has 0 saturated heterocycles. The van der Waals surface area contributed by atoms with Crippen molar-refractivity contribution in [3.05, 3.63) is 60.2 Å². The Bertz CT molecular complexity index is 589. The highest BCUT2D eigenvalue weighted by Crippen LogP contribution is 2.38. The molecule has 0 radical (unpaired) electrons. The molecule has 0 saturated carbocycles. The molecule has 4 heteroatoms. The van der Waals surface area contributed by atoms with Gasteiger partial charge in [0.2, 0.25) is 0 Å². The Morgan fingerprint density at radius 2 is 1.40 bits per heavy atom. The van der Waals surface area contributed by atoms with Crippen LogP contribution in [0.4, 0.5) is 0 Å². The number of rotatable bonds is 12. The van der Waals surface area contributed by atoms with E-state index in [2.05, 4.69) is 13.0 Å². The number of unbranched alkanes of at least 4 members (excludes halogenated alkanes) is 6. The Morgan fingerprint density at radius 3 is 2.16 bits per heavy atom. The molecule has 0 aromatic heterocycles. The van der Waals surface area contributed by atoms with E-state index < -0.39 is 8.60 Å². The number of hydrogen-bond donors (Lipinski definition) is 1. The molecule has 0 fully saturated rings. The van der Waals surface area contributed by atoms with Crippen LogP contribution in [0.1, 0.15) is 57.4 Å². The van der Waals surface area contributed by atoms with Crippen molar-refractivity contribution in [2.24, 2.45) is 0 Å². The molecule has 1 unspecified atom stereocenters. The lowest BCUT2D eigenvalue weighted by molar-refractivity contribution is 0.379. The smallest absolute Gasteiger partial charge is 0.418 e. The summed E-state index contributed by atoms with van der Waals surface area (Å²) in [7, 11) is -1.98. The first-order valence-corrected chi connectivity index (χ1v) is 10.4. The molecule has 0 bridgehead atoms. The van der Waals surface area contributed by atoms with Gasteiger partial charge in [-0.3, -0.25) is 0 Å². The van der Waals surface area contributed by atoms with Crippen LogP contribution in [-0.4, -0.2) is 4.89 Å². The van der Waals surface area contributed by atoms with Crippen LogP contribution in [0.25, 0.3) is 0 Å². The lowest BCUT2D eigenvalue weighted by atomic mass is 10.0. The van der Waals surface area contributed by atoms with E-state index in [9.17, 15) is 4.89 Å². The first-order valence-electron chi connectivity index (χ1n) is 9.27. The molecule has 2 aromatic carbocycles. The molecule has 0 heterocycles. The van der Waals surface area contributed by atoms with Gasteiger partial charge in [0, 0.05) is 0 Å². The molecule has 0 aliphatic carbocycles. The Hall–Kier alpha value is -1.57. The summed E-state index contributed by atoms with van der Waals surface area (Å²) in [5.74, 6) is 1.33. The minimum Gasteiger partial charge on any atom is -0.418 e. The first kappa shape index (κ1) is 19.8. The Morgan fingerprint density at radius 1 is 0.760 bits per heavy atom. The third-order valence-corrected chi connectivity index (χ3v) is 4.85. The van der Waals surface area contributed by atoms with Gasteiger partial charge in [-0.2, -0.15) is 0 Å². The molecule has 3 nitrogen and oxygen atoms in total. The quantitative estimate of drug-likeness (QED) is 0.340. The fraction of sp³-hybridized carbons (Fsp3) is 0.429. The highest BCUT2D eigenvalue weighted by atomic mass is 31.2. The minimum absolute atomic E-state index is 0.612. The van der Waals surface area contributed by atoms with Crippen LogP contribution in [0, 0.1) is 0 Å². The molecular formula is C21H29O3P. The maximum absolute atomic E-state index is 10.1. The van der Waals surface area contributed by atoms with E-state index in [0.29, 0.717) is 5.75 Å². The monoisotopic (exact) mass is 360 g/mol. The second-order valence-corrected chi connectivity index (χ2v) is 7.05. The molecule has 0 amide bonds. The average molecular weight is 360 g/mol. The van der Waals surface area contributed by atoms with E-state index in [4.69, 9.17) is 9.05 Å². The third-order valence-electron chi connectivity index (χ3n) is 4.13. The molecule has 1 atom stereocenters. The standard InChI is InChI=1S/C21H29O3P/c1-2-3-4-5-6-7-9-14-19-15-12-13-18-21(19)24-25(22)23-20-16-10-8-11-17-20/h8,10-13,15-18,22H,2-7,9,14H2,1H3. The normalized spacial score (nSPS) is 11.9. The van der Waals surface area contributed by atoms with Crippen LogP contribution in [0.2, 0.25) is 0 Å². The Balaban J connectivity index is 1.77. The van der Waals surface area contributed by atoms with Gasteiger partial charge in [-0.15, -0.1) is 0 Å². The summed E-state index contributed by atoms with van der Waals surface area (Å²) in [4.78, 5) is 10.1. The van der Waals surface area contributed by atoms with Gasteiger partial charge in [0.15, 0.2) is 0 Å². The average Bonchev–Trinajstić information content (AvgIpc) is 2.63. The lowest BCUT2D eigenvalue weighted by Crippen LogP contribution is -1.97. The fourth-order valence-corrected chi connectivity index (χ4v) is 3.43. The Labute approximate surface area is 153 Å². The summed E-state index contributed by atoms with van der Waals surface area (Å²) < 4.78 is 11.1. The summed E-state index contributed by atoms with van der Waals surface area (Å²) >= 11 is 0. The minimum atomic E-state index is -1.98. The second kappa shape index (κ2) is 11.9. The van der Waals surface area contributed by atoms with Gasteiger partial charge in [-0.05, 0) is 36.6 Å². The third kappa shape index (κ3) is 7.90. The van der Waals surface area contributed by atoms with Crippen molar-refractivity contribution in [1.29, 1.82) is 0 Å². The van der Waals surface area contributed by atoms with Gasteiger partial charge >= 0.3 is 8.60 Å². The highest BCUT2D eigenvalue weighted by Gasteiger charge is 2.13. The van der Waals surface area contributed by atoms with E-state index in [-0.39, 0.29) is 0 Å². The molecule has 136 valence electrons. The van der Waals surface area contributed by atoms with Crippen LogP contribution in [-0.2, 0) is 6.42 Å². The van der Waals surface area contributed by atoms with Crippen LogP contribution in [0.5, 0.6) is 11.5 Å². The van der Waals surface area contributed by atoms with Crippen molar-refractivity contribution < 1.29 is 13.9 Å². The Kier molecular flexibility index (Phi) is 9.40. The molecular weight excluding hydrogens is 331 g/mol. The zero-order valence-electron chi connectivity index (χ0n) is 15.1. The summed E-state index contributed by atoms with van der Waals surface area (Å²) in [6.07, 6.45) is 9.98. The van der Waals surface area contributed by atoms with Gasteiger partial charge in [-0.25, -0.2) is 0 Å². The second-order valence-electron chi connectivity index (χ2n) is 6.21. The van der Waals surface area contributed by atoms with Gasteiger partial charge in [0.1, 0.15) is 11.5 Å². The zero-order valence-corrected chi connectivity index (χ0v) is 16.0. The summed E-state index contributed by atoms with van der Waals surface area (Å²) in [5.41, 5.74) is 1.13. The van der Waals surface area contributed by atoms with Gasteiger partial charge < -0.3 is 13.9 Å². The molecule has 2 aromatic rings. The fourth-order valence-electron chi connectivity index (χ4n) is 2.75. The van der Waals surface area contributed by atoms with Crippen molar-refractivity contribution >= 4 is 8.60 Å². The molecule has 0 aliphatic heterocycles.